The molecule has 0 bridgehead atoms. The minimum atomic E-state index is -0.480. The van der Waals surface area contributed by atoms with Gasteiger partial charge in [0.25, 0.3) is 11.2 Å². The first-order valence-corrected chi connectivity index (χ1v) is 10.8. The molecule has 4 aromatic rings. The minimum absolute atomic E-state index is 0.0997. The maximum absolute atomic E-state index is 13.5. The summed E-state index contributed by atoms with van der Waals surface area (Å²) in [6.45, 7) is 6.04. The highest BCUT2D eigenvalue weighted by Crippen LogP contribution is 2.34. The lowest BCUT2D eigenvalue weighted by Crippen LogP contribution is -2.21. The number of rotatable bonds is 6. The van der Waals surface area contributed by atoms with Crippen LogP contribution in [0.2, 0.25) is 0 Å². The fraction of sp³-hybridized carbons (Fsp3) is 0.192. The van der Waals surface area contributed by atoms with Gasteiger partial charge in [0.2, 0.25) is 0 Å². The lowest BCUT2D eigenvalue weighted by molar-refractivity contribution is -0.385. The third-order valence-electron chi connectivity index (χ3n) is 5.64. The molecule has 0 saturated heterocycles. The molecule has 0 unspecified atom stereocenters. The molecule has 4 rings (SSSR count). The van der Waals surface area contributed by atoms with Crippen molar-refractivity contribution in [1.82, 2.24) is 9.66 Å². The monoisotopic (exact) mass is 456 g/mol. The van der Waals surface area contributed by atoms with Gasteiger partial charge in [-0.2, -0.15) is 9.78 Å². The number of aryl methyl sites for hydroxylation is 1. The van der Waals surface area contributed by atoms with Gasteiger partial charge in [0.1, 0.15) is 5.75 Å². The van der Waals surface area contributed by atoms with Crippen molar-refractivity contribution < 1.29 is 9.66 Å². The van der Waals surface area contributed by atoms with E-state index in [1.165, 1.54) is 17.0 Å². The van der Waals surface area contributed by atoms with E-state index in [0.29, 0.717) is 16.7 Å². The molecule has 0 fully saturated rings. The fourth-order valence-electron chi connectivity index (χ4n) is 3.86. The molecule has 0 saturated carbocycles. The smallest absolute Gasteiger partial charge is 0.282 e. The molecule has 172 valence electrons. The second-order valence-electron chi connectivity index (χ2n) is 8.19. The maximum atomic E-state index is 13.5. The zero-order chi connectivity index (χ0) is 24.4. The number of para-hydroxylation sites is 2. The number of benzene rings is 3. The molecule has 0 spiro atoms. The number of ether oxygens (including phenoxy) is 1. The number of nitro benzene ring substituents is 1. The van der Waals surface area contributed by atoms with Crippen LogP contribution >= 0.6 is 0 Å². The Balaban J connectivity index is 2.01. The summed E-state index contributed by atoms with van der Waals surface area (Å²) in [6.07, 6.45) is 1.32. The second kappa shape index (κ2) is 9.27. The number of nitro groups is 1. The topological polar surface area (TPSA) is 99.6 Å². The zero-order valence-electron chi connectivity index (χ0n) is 19.4. The van der Waals surface area contributed by atoms with Crippen LogP contribution in [-0.2, 0) is 0 Å². The Bertz CT molecular complexity index is 1490. The van der Waals surface area contributed by atoms with Gasteiger partial charge in [-0.25, -0.2) is 4.98 Å². The van der Waals surface area contributed by atoms with Crippen molar-refractivity contribution in [2.24, 2.45) is 5.10 Å². The van der Waals surface area contributed by atoms with Crippen molar-refractivity contribution >= 4 is 22.8 Å². The normalized spacial score (nSPS) is 11.4. The summed E-state index contributed by atoms with van der Waals surface area (Å²) in [5, 5.41) is 16.2. The van der Waals surface area contributed by atoms with Gasteiger partial charge >= 0.3 is 0 Å². The van der Waals surface area contributed by atoms with Gasteiger partial charge in [-0.1, -0.05) is 38.1 Å². The number of nitrogens with zero attached hydrogens (tertiary/aromatic N) is 4. The van der Waals surface area contributed by atoms with E-state index in [1.54, 1.807) is 43.5 Å². The highest BCUT2D eigenvalue weighted by atomic mass is 16.6. The number of hydrogen-bond acceptors (Lipinski definition) is 6. The van der Waals surface area contributed by atoms with Crippen LogP contribution in [0.25, 0.3) is 22.3 Å². The molecule has 1 heterocycles. The Morgan fingerprint density at radius 3 is 2.53 bits per heavy atom. The molecule has 0 radical (unpaired) electrons. The number of hydrogen-bond donors (Lipinski definition) is 0. The average Bonchev–Trinajstić information content (AvgIpc) is 2.83. The van der Waals surface area contributed by atoms with Gasteiger partial charge in [-0.05, 0) is 54.3 Å². The van der Waals surface area contributed by atoms with Crippen LogP contribution in [0.5, 0.6) is 5.75 Å². The molecule has 8 heteroatoms. The van der Waals surface area contributed by atoms with Crippen LogP contribution in [-0.4, -0.2) is 27.9 Å². The third kappa shape index (κ3) is 4.17. The summed E-state index contributed by atoms with van der Waals surface area (Å²) in [5.41, 5.74) is 2.92. The van der Waals surface area contributed by atoms with E-state index in [1.807, 2.05) is 25.1 Å². The van der Waals surface area contributed by atoms with Crippen molar-refractivity contribution in [3.05, 3.63) is 97.8 Å². The average molecular weight is 457 g/mol. The number of methoxy groups -OCH3 is 1. The molecular formula is C26H24N4O4. The molecule has 0 aliphatic carbocycles. The molecule has 0 aliphatic heterocycles. The highest BCUT2D eigenvalue weighted by molar-refractivity contribution is 5.86. The van der Waals surface area contributed by atoms with Crippen LogP contribution < -0.4 is 10.3 Å². The number of fused-ring (bicyclic) bond motifs is 1. The molecule has 34 heavy (non-hydrogen) atoms. The molecule has 0 N–H and O–H groups in total. The summed E-state index contributed by atoms with van der Waals surface area (Å²) in [4.78, 5) is 29.2. The van der Waals surface area contributed by atoms with Gasteiger partial charge < -0.3 is 4.74 Å². The molecule has 1 aromatic heterocycles. The Kier molecular flexibility index (Phi) is 6.23. The van der Waals surface area contributed by atoms with Gasteiger partial charge in [0.05, 0.1) is 34.7 Å². The third-order valence-corrected chi connectivity index (χ3v) is 5.64. The SMILES string of the molecule is COc1cc(C)c(-c2nc3ccccc3c(=O)n2N=Cc2ccccc2[N+](=O)[O-])cc1C(C)C. The van der Waals surface area contributed by atoms with Gasteiger partial charge in [-0.15, -0.1) is 0 Å². The maximum Gasteiger partial charge on any atom is 0.282 e. The molecule has 8 nitrogen and oxygen atoms in total. The lowest BCUT2D eigenvalue weighted by Gasteiger charge is -2.17. The van der Waals surface area contributed by atoms with Crippen molar-refractivity contribution in [2.45, 2.75) is 26.7 Å². The Labute approximate surface area is 196 Å². The van der Waals surface area contributed by atoms with E-state index in [9.17, 15) is 14.9 Å². The highest BCUT2D eigenvalue weighted by Gasteiger charge is 2.19. The van der Waals surface area contributed by atoms with E-state index in [4.69, 9.17) is 9.72 Å². The van der Waals surface area contributed by atoms with Crippen molar-refractivity contribution in [2.75, 3.05) is 7.11 Å². The summed E-state index contributed by atoms with van der Waals surface area (Å²) in [5.74, 6) is 1.28. The predicted octanol–water partition coefficient (Wildman–Crippen LogP) is 5.29. The molecular weight excluding hydrogens is 432 g/mol. The Hall–Kier alpha value is -4.33. The number of aromatic nitrogens is 2. The van der Waals surface area contributed by atoms with E-state index >= 15 is 0 Å². The van der Waals surface area contributed by atoms with Crippen LogP contribution in [0.4, 0.5) is 5.69 Å². The summed E-state index contributed by atoms with van der Waals surface area (Å²) in [7, 11) is 1.63. The van der Waals surface area contributed by atoms with Gasteiger partial charge in [0, 0.05) is 11.6 Å². The van der Waals surface area contributed by atoms with E-state index in [0.717, 1.165) is 22.4 Å². The first kappa shape index (κ1) is 22.8. The molecule has 0 amide bonds. The largest absolute Gasteiger partial charge is 0.496 e. The van der Waals surface area contributed by atoms with Crippen molar-refractivity contribution in [3.63, 3.8) is 0 Å². The van der Waals surface area contributed by atoms with Gasteiger partial charge in [-0.3, -0.25) is 14.9 Å². The van der Waals surface area contributed by atoms with Crippen molar-refractivity contribution in [1.29, 1.82) is 0 Å². The second-order valence-corrected chi connectivity index (χ2v) is 8.19. The summed E-state index contributed by atoms with van der Waals surface area (Å²) >= 11 is 0. The molecule has 0 atom stereocenters. The van der Waals surface area contributed by atoms with E-state index in [-0.39, 0.29) is 22.7 Å². The standard InChI is InChI=1S/C26H24N4O4/c1-16(2)20-14-21(17(3)13-24(20)34-4)25-28-22-11-7-6-10-19(22)26(31)29(25)27-15-18-9-5-8-12-23(18)30(32)33/h5-16H,1-4H3. The predicted molar refractivity (Wildman–Crippen MR) is 133 cm³/mol. The van der Waals surface area contributed by atoms with Crippen LogP contribution in [0.15, 0.2) is 70.6 Å². The van der Waals surface area contributed by atoms with Gasteiger partial charge in [0.15, 0.2) is 5.82 Å². The summed E-state index contributed by atoms with van der Waals surface area (Å²) in [6, 6.07) is 17.2. The van der Waals surface area contributed by atoms with E-state index in [2.05, 4.69) is 18.9 Å². The summed E-state index contributed by atoms with van der Waals surface area (Å²) < 4.78 is 6.77. The minimum Gasteiger partial charge on any atom is -0.496 e. The Morgan fingerprint density at radius 1 is 1.12 bits per heavy atom. The van der Waals surface area contributed by atoms with Crippen LogP contribution in [0, 0.1) is 17.0 Å². The Morgan fingerprint density at radius 2 is 1.82 bits per heavy atom. The van der Waals surface area contributed by atoms with Crippen LogP contribution in [0.1, 0.15) is 36.5 Å². The zero-order valence-corrected chi connectivity index (χ0v) is 19.4. The quantitative estimate of drug-likeness (QED) is 0.223. The van der Waals surface area contributed by atoms with Crippen molar-refractivity contribution in [3.8, 4) is 17.1 Å². The fourth-order valence-corrected chi connectivity index (χ4v) is 3.86. The first-order valence-electron chi connectivity index (χ1n) is 10.8. The lowest BCUT2D eigenvalue weighted by atomic mass is 9.96. The van der Waals surface area contributed by atoms with Crippen LogP contribution in [0.3, 0.4) is 0 Å². The first-order chi connectivity index (χ1) is 16.3. The van der Waals surface area contributed by atoms with E-state index < -0.39 is 4.92 Å². The molecule has 3 aromatic carbocycles. The molecule has 0 aliphatic rings.